The molecule has 1 aliphatic carbocycles. The summed E-state index contributed by atoms with van der Waals surface area (Å²) in [5.41, 5.74) is 0.529. The normalized spacial score (nSPS) is 17.9. The molecule has 2 aliphatic rings. The van der Waals surface area contributed by atoms with E-state index in [1.54, 1.807) is 6.20 Å². The van der Waals surface area contributed by atoms with Crippen LogP contribution in [0, 0.1) is 5.92 Å². The van der Waals surface area contributed by atoms with Gasteiger partial charge >= 0.3 is 6.09 Å². The number of halogens is 1. The molecule has 30 heavy (non-hydrogen) atoms. The van der Waals surface area contributed by atoms with Crippen LogP contribution >= 0.6 is 24.0 Å². The number of hydrogen-bond donors (Lipinski definition) is 1. The van der Waals surface area contributed by atoms with Crippen molar-refractivity contribution in [3.05, 3.63) is 30.1 Å². The Morgan fingerprint density at radius 1 is 1.27 bits per heavy atom. The average Bonchev–Trinajstić information content (AvgIpc) is 3.51. The van der Waals surface area contributed by atoms with Gasteiger partial charge in [-0.1, -0.05) is 6.07 Å². The Labute approximate surface area is 197 Å². The highest BCUT2D eigenvalue weighted by molar-refractivity contribution is 14.0. The van der Waals surface area contributed by atoms with Gasteiger partial charge in [0, 0.05) is 38.9 Å². The number of likely N-dealkylation sites (tertiary alicyclic amines) is 1. The lowest BCUT2D eigenvalue weighted by Gasteiger charge is -2.40. The van der Waals surface area contributed by atoms with Gasteiger partial charge in [0.05, 0.1) is 12.2 Å². The van der Waals surface area contributed by atoms with Gasteiger partial charge in [0.1, 0.15) is 5.60 Å². The van der Waals surface area contributed by atoms with Crippen LogP contribution in [0.4, 0.5) is 4.79 Å². The molecule has 0 spiro atoms. The minimum absolute atomic E-state index is 0. The summed E-state index contributed by atoms with van der Waals surface area (Å²) in [6.07, 6.45) is 5.94. The molecule has 0 unspecified atom stereocenters. The van der Waals surface area contributed by atoms with Gasteiger partial charge in [-0.05, 0) is 64.5 Å². The molecule has 3 rings (SSSR count). The standard InChI is InChI=1S/C22H35N5O2.HI/c1-22(2,3)29-21(28)27(16-17-8-9-17)19-10-13-26(14-11-19)20(23-4)25-15-18-7-5-6-12-24-18;/h5-7,12,17,19H,8-11,13-16H2,1-4H3,(H,23,25);1H. The molecule has 1 aliphatic heterocycles. The first-order valence-electron chi connectivity index (χ1n) is 10.7. The zero-order valence-electron chi connectivity index (χ0n) is 18.6. The number of nitrogens with zero attached hydrogens (tertiary/aromatic N) is 4. The number of nitrogens with one attached hydrogen (secondary N) is 1. The van der Waals surface area contributed by atoms with Crippen LogP contribution in [0.15, 0.2) is 29.4 Å². The summed E-state index contributed by atoms with van der Waals surface area (Å²) >= 11 is 0. The van der Waals surface area contributed by atoms with Gasteiger partial charge in [0.25, 0.3) is 0 Å². The van der Waals surface area contributed by atoms with Gasteiger partial charge in [-0.2, -0.15) is 0 Å². The first-order chi connectivity index (χ1) is 13.9. The van der Waals surface area contributed by atoms with Crippen molar-refractivity contribution in [1.29, 1.82) is 0 Å². The van der Waals surface area contributed by atoms with E-state index in [9.17, 15) is 4.79 Å². The van der Waals surface area contributed by atoms with Gasteiger partial charge in [0.15, 0.2) is 5.96 Å². The number of rotatable bonds is 5. The van der Waals surface area contributed by atoms with E-state index in [2.05, 4.69) is 20.2 Å². The number of pyridine rings is 1. The molecule has 0 atom stereocenters. The summed E-state index contributed by atoms with van der Waals surface area (Å²) in [7, 11) is 1.81. The first-order valence-corrected chi connectivity index (χ1v) is 10.7. The van der Waals surface area contributed by atoms with Crippen LogP contribution < -0.4 is 5.32 Å². The van der Waals surface area contributed by atoms with E-state index >= 15 is 0 Å². The van der Waals surface area contributed by atoms with E-state index < -0.39 is 5.60 Å². The number of ether oxygens (including phenoxy) is 1. The number of carbonyl (C=O) groups excluding carboxylic acids is 1. The molecule has 1 N–H and O–H groups in total. The lowest BCUT2D eigenvalue weighted by molar-refractivity contribution is 0.00928. The molecule has 7 nitrogen and oxygen atoms in total. The molecule has 2 heterocycles. The predicted octanol–water partition coefficient (Wildman–Crippen LogP) is 3.89. The molecule has 1 amide bonds. The van der Waals surface area contributed by atoms with Crippen LogP contribution in [0.3, 0.4) is 0 Å². The van der Waals surface area contributed by atoms with Crippen molar-refractivity contribution in [2.75, 3.05) is 26.7 Å². The van der Waals surface area contributed by atoms with Gasteiger partial charge in [-0.25, -0.2) is 4.79 Å². The van der Waals surface area contributed by atoms with Gasteiger partial charge in [-0.3, -0.25) is 9.98 Å². The van der Waals surface area contributed by atoms with Crippen molar-refractivity contribution in [2.24, 2.45) is 10.9 Å². The van der Waals surface area contributed by atoms with E-state index in [1.807, 2.05) is 50.9 Å². The van der Waals surface area contributed by atoms with Crippen LogP contribution in [0.2, 0.25) is 0 Å². The van der Waals surface area contributed by atoms with Crippen molar-refractivity contribution >= 4 is 36.0 Å². The monoisotopic (exact) mass is 529 g/mol. The molecule has 1 aromatic heterocycles. The quantitative estimate of drug-likeness (QED) is 0.356. The highest BCUT2D eigenvalue weighted by Gasteiger charge is 2.35. The van der Waals surface area contributed by atoms with Crippen LogP contribution in [0.5, 0.6) is 0 Å². The Morgan fingerprint density at radius 2 is 1.97 bits per heavy atom. The molecule has 8 heteroatoms. The lowest BCUT2D eigenvalue weighted by atomic mass is 10.0. The third-order valence-electron chi connectivity index (χ3n) is 5.35. The molecular formula is C22H36IN5O2. The maximum atomic E-state index is 12.8. The second kappa shape index (κ2) is 11.2. The van der Waals surface area contributed by atoms with Crippen molar-refractivity contribution < 1.29 is 9.53 Å². The summed E-state index contributed by atoms with van der Waals surface area (Å²) in [6, 6.07) is 6.14. The summed E-state index contributed by atoms with van der Waals surface area (Å²) in [5.74, 6) is 1.54. The number of carbonyl (C=O) groups is 1. The fourth-order valence-corrected chi connectivity index (χ4v) is 3.67. The Balaban J connectivity index is 0.00000320. The zero-order chi connectivity index (χ0) is 20.9. The second-order valence-electron chi connectivity index (χ2n) is 9.02. The van der Waals surface area contributed by atoms with E-state index in [4.69, 9.17) is 4.74 Å². The first kappa shape index (κ1) is 24.7. The van der Waals surface area contributed by atoms with E-state index in [1.165, 1.54) is 12.8 Å². The van der Waals surface area contributed by atoms with E-state index in [0.29, 0.717) is 12.5 Å². The number of guanidine groups is 1. The minimum Gasteiger partial charge on any atom is -0.444 e. The van der Waals surface area contributed by atoms with Crippen molar-refractivity contribution in [1.82, 2.24) is 20.1 Å². The molecule has 1 saturated carbocycles. The number of piperidine rings is 1. The Hall–Kier alpha value is -1.58. The number of hydrogen-bond acceptors (Lipinski definition) is 4. The molecule has 0 radical (unpaired) electrons. The molecule has 0 bridgehead atoms. The smallest absolute Gasteiger partial charge is 0.410 e. The topological polar surface area (TPSA) is 70.1 Å². The maximum Gasteiger partial charge on any atom is 0.410 e. The van der Waals surface area contributed by atoms with Crippen LogP contribution in [-0.2, 0) is 11.3 Å². The Kier molecular flexibility index (Phi) is 9.18. The van der Waals surface area contributed by atoms with Gasteiger partial charge in [-0.15, -0.1) is 24.0 Å². The molecule has 168 valence electrons. The molecule has 1 aromatic rings. The summed E-state index contributed by atoms with van der Waals surface area (Å²) in [4.78, 5) is 25.8. The molecule has 1 saturated heterocycles. The summed E-state index contributed by atoms with van der Waals surface area (Å²) in [6.45, 7) is 9.01. The van der Waals surface area contributed by atoms with Crippen molar-refractivity contribution in [3.8, 4) is 0 Å². The van der Waals surface area contributed by atoms with E-state index in [-0.39, 0.29) is 36.1 Å². The van der Waals surface area contributed by atoms with Crippen LogP contribution in [0.25, 0.3) is 0 Å². The Bertz CT molecular complexity index is 695. The fraction of sp³-hybridized carbons (Fsp3) is 0.682. The number of aromatic nitrogens is 1. The maximum absolute atomic E-state index is 12.8. The molecular weight excluding hydrogens is 493 g/mol. The predicted molar refractivity (Wildman–Crippen MR) is 130 cm³/mol. The lowest BCUT2D eigenvalue weighted by Crippen LogP contribution is -2.52. The van der Waals surface area contributed by atoms with Crippen molar-refractivity contribution in [2.45, 2.75) is 64.6 Å². The Morgan fingerprint density at radius 3 is 2.50 bits per heavy atom. The van der Waals surface area contributed by atoms with Crippen LogP contribution in [0.1, 0.15) is 52.1 Å². The fourth-order valence-electron chi connectivity index (χ4n) is 3.67. The SMILES string of the molecule is CN=C(NCc1ccccn1)N1CCC(N(CC2CC2)C(=O)OC(C)(C)C)CC1.I. The van der Waals surface area contributed by atoms with Crippen molar-refractivity contribution in [3.63, 3.8) is 0 Å². The van der Waals surface area contributed by atoms with Crippen LogP contribution in [-0.4, -0.2) is 65.2 Å². The minimum atomic E-state index is -0.461. The highest BCUT2D eigenvalue weighted by atomic mass is 127. The summed E-state index contributed by atoms with van der Waals surface area (Å²) < 4.78 is 5.70. The molecule has 2 fully saturated rings. The third-order valence-corrected chi connectivity index (χ3v) is 5.35. The third kappa shape index (κ3) is 7.59. The average molecular weight is 529 g/mol. The largest absolute Gasteiger partial charge is 0.444 e. The van der Waals surface area contributed by atoms with Gasteiger partial charge in [0.2, 0.25) is 0 Å². The number of aliphatic imine (C=N–C) groups is 1. The highest BCUT2D eigenvalue weighted by Crippen LogP contribution is 2.32. The van der Waals surface area contributed by atoms with E-state index in [0.717, 1.165) is 44.1 Å². The second-order valence-corrected chi connectivity index (χ2v) is 9.02. The number of amides is 1. The van der Waals surface area contributed by atoms with Gasteiger partial charge < -0.3 is 19.9 Å². The summed E-state index contributed by atoms with van der Waals surface area (Å²) in [5, 5.41) is 3.40. The zero-order valence-corrected chi connectivity index (χ0v) is 21.0. The molecule has 0 aromatic carbocycles.